The number of nitrogens with one attached hydrogen (secondary N) is 1. The van der Waals surface area contributed by atoms with Gasteiger partial charge in [0.2, 0.25) is 5.60 Å². The van der Waals surface area contributed by atoms with Gasteiger partial charge in [-0.1, -0.05) is 17.7 Å². The molecule has 0 unspecified atom stereocenters. The van der Waals surface area contributed by atoms with Gasteiger partial charge >= 0.3 is 12.1 Å². The van der Waals surface area contributed by atoms with Gasteiger partial charge in [-0.3, -0.25) is 4.79 Å². The molecule has 0 aliphatic carbocycles. The van der Waals surface area contributed by atoms with E-state index in [1.165, 1.54) is 6.07 Å². The molecule has 0 radical (unpaired) electrons. The predicted molar refractivity (Wildman–Crippen MR) is 63.7 cm³/mol. The summed E-state index contributed by atoms with van der Waals surface area (Å²) in [6.07, 6.45) is -5.19. The van der Waals surface area contributed by atoms with Gasteiger partial charge in [-0.05, 0) is 19.1 Å². The lowest BCUT2D eigenvalue weighted by Crippen LogP contribution is -2.52. The molecule has 0 fully saturated rings. The Morgan fingerprint density at radius 1 is 1.30 bits per heavy atom. The first kappa shape index (κ1) is 16.3. The van der Waals surface area contributed by atoms with E-state index < -0.39 is 34.2 Å². The molecule has 0 bridgehead atoms. The molecular weight excluding hydrogens is 303 g/mol. The molecular formula is C11H9ClF3NO4. The second kappa shape index (κ2) is 5.29. The van der Waals surface area contributed by atoms with Crippen molar-refractivity contribution in [3.8, 4) is 0 Å². The maximum atomic E-state index is 12.5. The van der Waals surface area contributed by atoms with Crippen LogP contribution in [0.1, 0.15) is 17.3 Å². The van der Waals surface area contributed by atoms with Crippen molar-refractivity contribution in [2.45, 2.75) is 18.7 Å². The molecule has 20 heavy (non-hydrogen) atoms. The number of carbonyl (C=O) groups excluding carboxylic acids is 1. The average molecular weight is 312 g/mol. The van der Waals surface area contributed by atoms with E-state index in [4.69, 9.17) is 21.8 Å². The summed E-state index contributed by atoms with van der Waals surface area (Å²) in [7, 11) is 0. The topological polar surface area (TPSA) is 86.6 Å². The fraction of sp³-hybridized carbons (Fsp3) is 0.273. The van der Waals surface area contributed by atoms with Crippen molar-refractivity contribution in [3.63, 3.8) is 0 Å². The maximum absolute atomic E-state index is 12.5. The van der Waals surface area contributed by atoms with Gasteiger partial charge in [0.25, 0.3) is 5.91 Å². The summed E-state index contributed by atoms with van der Waals surface area (Å²) in [6.45, 7) is 0.275. The molecule has 0 aliphatic rings. The van der Waals surface area contributed by atoms with Gasteiger partial charge in [-0.15, -0.1) is 0 Å². The number of aromatic carboxylic acids is 1. The van der Waals surface area contributed by atoms with Crippen LogP contribution in [0.2, 0.25) is 5.02 Å². The molecule has 0 saturated heterocycles. The Hall–Kier alpha value is -1.80. The molecule has 1 aromatic carbocycles. The van der Waals surface area contributed by atoms with Gasteiger partial charge < -0.3 is 15.5 Å². The first-order valence-corrected chi connectivity index (χ1v) is 5.48. The van der Waals surface area contributed by atoms with E-state index in [0.29, 0.717) is 0 Å². The van der Waals surface area contributed by atoms with E-state index >= 15 is 0 Å². The number of carboxylic acid groups (broad SMARTS) is 1. The molecule has 1 amide bonds. The Bertz CT molecular complexity index is 557. The number of benzene rings is 1. The van der Waals surface area contributed by atoms with Crippen molar-refractivity contribution in [1.82, 2.24) is 0 Å². The van der Waals surface area contributed by atoms with Crippen molar-refractivity contribution in [2.75, 3.05) is 5.32 Å². The summed E-state index contributed by atoms with van der Waals surface area (Å²) in [5.41, 5.74) is -4.37. The fourth-order valence-electron chi connectivity index (χ4n) is 1.17. The van der Waals surface area contributed by atoms with Crippen molar-refractivity contribution in [3.05, 3.63) is 28.8 Å². The summed E-state index contributed by atoms with van der Waals surface area (Å²) >= 11 is 5.65. The lowest BCUT2D eigenvalue weighted by Gasteiger charge is -2.25. The van der Waals surface area contributed by atoms with Crippen LogP contribution in [0, 0.1) is 0 Å². The summed E-state index contributed by atoms with van der Waals surface area (Å²) in [4.78, 5) is 22.2. The highest BCUT2D eigenvalue weighted by Crippen LogP contribution is 2.32. The highest BCUT2D eigenvalue weighted by Gasteiger charge is 2.55. The Balaban J connectivity index is 3.10. The number of carbonyl (C=O) groups is 2. The quantitative estimate of drug-likeness (QED) is 0.799. The number of amides is 1. The highest BCUT2D eigenvalue weighted by atomic mass is 35.5. The first-order chi connectivity index (χ1) is 8.98. The molecule has 0 aliphatic heterocycles. The number of halogens is 4. The summed E-state index contributed by atoms with van der Waals surface area (Å²) < 4.78 is 37.4. The minimum Gasteiger partial charge on any atom is -0.478 e. The Kier molecular flexibility index (Phi) is 4.30. The maximum Gasteiger partial charge on any atom is 0.426 e. The monoisotopic (exact) mass is 311 g/mol. The smallest absolute Gasteiger partial charge is 0.426 e. The zero-order chi connectivity index (χ0) is 15.7. The number of rotatable bonds is 3. The number of hydrogen-bond acceptors (Lipinski definition) is 3. The minimum atomic E-state index is -5.19. The third kappa shape index (κ3) is 3.02. The molecule has 5 nitrogen and oxygen atoms in total. The van der Waals surface area contributed by atoms with Gasteiger partial charge in [0.1, 0.15) is 0 Å². The normalized spacial score (nSPS) is 14.5. The fourth-order valence-corrected chi connectivity index (χ4v) is 1.42. The van der Waals surface area contributed by atoms with E-state index in [2.05, 4.69) is 0 Å². The summed E-state index contributed by atoms with van der Waals surface area (Å²) in [5.74, 6) is -3.18. The van der Waals surface area contributed by atoms with Crippen LogP contribution in [0.15, 0.2) is 18.2 Å². The third-order valence-electron chi connectivity index (χ3n) is 2.47. The van der Waals surface area contributed by atoms with E-state index in [9.17, 15) is 22.8 Å². The van der Waals surface area contributed by atoms with E-state index in [-0.39, 0.29) is 12.6 Å². The van der Waals surface area contributed by atoms with Crippen LogP contribution < -0.4 is 5.32 Å². The SMILES string of the molecule is C[C@@](O)(C(=O)Nc1cccc(C(=O)O)c1Cl)C(F)(F)F. The highest BCUT2D eigenvalue weighted by molar-refractivity contribution is 6.36. The number of alkyl halides is 3. The second-order valence-electron chi connectivity index (χ2n) is 4.00. The molecule has 0 saturated carbocycles. The Morgan fingerprint density at radius 3 is 2.30 bits per heavy atom. The van der Waals surface area contributed by atoms with E-state index in [1.807, 2.05) is 0 Å². The van der Waals surface area contributed by atoms with Gasteiger partial charge in [0.15, 0.2) is 0 Å². The molecule has 110 valence electrons. The lowest BCUT2D eigenvalue weighted by atomic mass is 10.1. The predicted octanol–water partition coefficient (Wildman–Crippen LogP) is 2.29. The number of aliphatic hydroxyl groups is 1. The van der Waals surface area contributed by atoms with Crippen molar-refractivity contribution in [1.29, 1.82) is 0 Å². The standard InChI is InChI=1S/C11H9ClF3NO4/c1-10(20,11(13,14)15)9(19)16-6-4-2-3-5(7(6)12)8(17)18/h2-4,20H,1H3,(H,16,19)(H,17,18)/t10-/m1/s1. The lowest BCUT2D eigenvalue weighted by molar-refractivity contribution is -0.242. The van der Waals surface area contributed by atoms with Crippen LogP contribution in [-0.2, 0) is 4.79 Å². The first-order valence-electron chi connectivity index (χ1n) is 5.11. The number of hydrogen-bond donors (Lipinski definition) is 3. The third-order valence-corrected chi connectivity index (χ3v) is 2.88. The van der Waals surface area contributed by atoms with Crippen molar-refractivity contribution < 1.29 is 33.0 Å². The van der Waals surface area contributed by atoms with Crippen LogP contribution in [0.3, 0.4) is 0 Å². The Labute approximate surface area is 116 Å². The molecule has 1 rings (SSSR count). The van der Waals surface area contributed by atoms with Gasteiger partial charge in [-0.2, -0.15) is 13.2 Å². The zero-order valence-corrected chi connectivity index (χ0v) is 10.7. The molecule has 0 spiro atoms. The molecule has 1 atom stereocenters. The average Bonchev–Trinajstić information content (AvgIpc) is 2.29. The van der Waals surface area contributed by atoms with Gasteiger partial charge in [0.05, 0.1) is 16.3 Å². The molecule has 0 heterocycles. The molecule has 0 aromatic heterocycles. The van der Waals surface area contributed by atoms with Crippen LogP contribution in [0.25, 0.3) is 0 Å². The largest absolute Gasteiger partial charge is 0.478 e. The van der Waals surface area contributed by atoms with E-state index in [1.54, 1.807) is 5.32 Å². The minimum absolute atomic E-state index is 0.275. The molecule has 1 aromatic rings. The molecule has 3 N–H and O–H groups in total. The van der Waals surface area contributed by atoms with Crippen LogP contribution in [0.5, 0.6) is 0 Å². The molecule has 9 heteroatoms. The second-order valence-corrected chi connectivity index (χ2v) is 4.37. The van der Waals surface area contributed by atoms with E-state index in [0.717, 1.165) is 12.1 Å². The van der Waals surface area contributed by atoms with Crippen LogP contribution >= 0.6 is 11.6 Å². The summed E-state index contributed by atoms with van der Waals surface area (Å²) in [5, 5.41) is 19.3. The number of carboxylic acids is 1. The Morgan fingerprint density at radius 2 is 1.85 bits per heavy atom. The van der Waals surface area contributed by atoms with Gasteiger partial charge in [0, 0.05) is 0 Å². The van der Waals surface area contributed by atoms with Crippen LogP contribution in [-0.4, -0.2) is 33.9 Å². The zero-order valence-electron chi connectivity index (χ0n) is 9.95. The van der Waals surface area contributed by atoms with Gasteiger partial charge in [-0.25, -0.2) is 4.79 Å². The van der Waals surface area contributed by atoms with Crippen molar-refractivity contribution in [2.24, 2.45) is 0 Å². The van der Waals surface area contributed by atoms with Crippen molar-refractivity contribution >= 4 is 29.2 Å². The number of anilines is 1. The summed E-state index contributed by atoms with van der Waals surface area (Å²) in [6, 6.07) is 3.41. The van der Waals surface area contributed by atoms with Crippen LogP contribution in [0.4, 0.5) is 18.9 Å².